The molecule has 0 aliphatic heterocycles. The van der Waals surface area contributed by atoms with Gasteiger partial charge in [-0.2, -0.15) is 0 Å². The van der Waals surface area contributed by atoms with Gasteiger partial charge in [-0.05, 0) is 37.1 Å². The molecular weight excluding hydrogens is 404 g/mol. The maximum absolute atomic E-state index is 5.92. The summed E-state index contributed by atoms with van der Waals surface area (Å²) in [5, 5.41) is 6.73. The predicted molar refractivity (Wildman–Crippen MR) is 127 cm³/mol. The zero-order valence-corrected chi connectivity index (χ0v) is 19.0. The second-order valence-corrected chi connectivity index (χ2v) is 7.07. The second-order valence-electron chi connectivity index (χ2n) is 7.07. The highest BCUT2D eigenvalue weighted by Crippen LogP contribution is 2.39. The number of benzene rings is 2. The lowest BCUT2D eigenvalue weighted by atomic mass is 10.1. The van der Waals surface area contributed by atoms with Crippen LogP contribution in [0.3, 0.4) is 0 Å². The molecule has 0 saturated carbocycles. The Labute approximate surface area is 189 Å². The lowest BCUT2D eigenvalue weighted by molar-refractivity contribution is 0.342. The van der Waals surface area contributed by atoms with Crippen LogP contribution in [-0.2, 0) is 6.54 Å². The van der Waals surface area contributed by atoms with E-state index in [1.165, 1.54) is 5.56 Å². The van der Waals surface area contributed by atoms with Crippen LogP contribution < -0.4 is 24.8 Å². The molecule has 1 heterocycles. The molecule has 3 aromatic rings. The number of aliphatic imine (C=N–C) groups is 1. The lowest BCUT2D eigenvalue weighted by Gasteiger charge is -2.18. The van der Waals surface area contributed by atoms with Gasteiger partial charge in [0.25, 0.3) is 0 Å². The van der Waals surface area contributed by atoms with Gasteiger partial charge in [0, 0.05) is 18.8 Å². The number of pyridine rings is 1. The molecule has 1 unspecified atom stereocenters. The highest BCUT2D eigenvalue weighted by molar-refractivity contribution is 5.80. The molecule has 3 rings (SSSR count). The quantitative estimate of drug-likeness (QED) is 0.375. The van der Waals surface area contributed by atoms with Gasteiger partial charge in [0.1, 0.15) is 0 Å². The molecule has 0 spiro atoms. The summed E-state index contributed by atoms with van der Waals surface area (Å²) in [5.41, 5.74) is 2.17. The van der Waals surface area contributed by atoms with E-state index in [9.17, 15) is 0 Å². The highest BCUT2D eigenvalue weighted by atomic mass is 16.5. The molecule has 168 valence electrons. The third-order valence-electron chi connectivity index (χ3n) is 4.80. The maximum Gasteiger partial charge on any atom is 0.219 e. The minimum absolute atomic E-state index is 0.138. The standard InChI is InChI=1S/C25H30N4O3/c1-5-26-25(29-18(2)20-10-7-6-8-11-20)28-17-19-14-15-23(27-16-19)32-24-21(30-3)12-9-13-22(24)31-4/h6-16,18H,5,17H2,1-4H3,(H2,26,28,29). The van der Waals surface area contributed by atoms with Gasteiger partial charge < -0.3 is 24.8 Å². The van der Waals surface area contributed by atoms with Crippen LogP contribution in [0.2, 0.25) is 0 Å². The molecule has 1 atom stereocenters. The average Bonchev–Trinajstić information content (AvgIpc) is 2.84. The van der Waals surface area contributed by atoms with Crippen LogP contribution in [-0.4, -0.2) is 31.7 Å². The van der Waals surface area contributed by atoms with Crippen molar-refractivity contribution in [2.75, 3.05) is 20.8 Å². The number of methoxy groups -OCH3 is 2. The molecule has 2 aromatic carbocycles. The Morgan fingerprint density at radius 1 is 0.969 bits per heavy atom. The number of para-hydroxylation sites is 1. The first kappa shape index (κ1) is 22.9. The van der Waals surface area contributed by atoms with E-state index in [-0.39, 0.29) is 6.04 Å². The summed E-state index contributed by atoms with van der Waals surface area (Å²) in [5.74, 6) is 2.85. The topological polar surface area (TPSA) is 77.0 Å². The van der Waals surface area contributed by atoms with Crippen LogP contribution in [0, 0.1) is 0 Å². The van der Waals surface area contributed by atoms with Gasteiger partial charge in [-0.25, -0.2) is 9.98 Å². The Bertz CT molecular complexity index is 985. The summed E-state index contributed by atoms with van der Waals surface area (Å²) < 4.78 is 16.7. The van der Waals surface area contributed by atoms with Crippen LogP contribution in [0.5, 0.6) is 23.1 Å². The fraction of sp³-hybridized carbons (Fsp3) is 0.280. The maximum atomic E-state index is 5.92. The minimum Gasteiger partial charge on any atom is -0.493 e. The second kappa shape index (κ2) is 11.6. The Balaban J connectivity index is 1.67. The number of rotatable bonds is 9. The number of nitrogens with zero attached hydrogens (tertiary/aromatic N) is 2. The van der Waals surface area contributed by atoms with Gasteiger partial charge in [0.05, 0.1) is 26.8 Å². The molecule has 7 heteroatoms. The summed E-state index contributed by atoms with van der Waals surface area (Å²) in [6.07, 6.45) is 1.75. The Kier molecular flexibility index (Phi) is 8.31. The molecular formula is C25H30N4O3. The molecule has 32 heavy (non-hydrogen) atoms. The molecule has 0 amide bonds. The van der Waals surface area contributed by atoms with Crippen molar-refractivity contribution in [1.82, 2.24) is 15.6 Å². The molecule has 0 radical (unpaired) electrons. The SMILES string of the molecule is CCNC(=NCc1ccc(Oc2c(OC)cccc2OC)nc1)NC(C)c1ccccc1. The number of aromatic nitrogens is 1. The summed E-state index contributed by atoms with van der Waals surface area (Å²) in [6.45, 7) is 5.42. The number of hydrogen-bond acceptors (Lipinski definition) is 5. The first-order chi connectivity index (χ1) is 15.6. The van der Waals surface area contributed by atoms with E-state index in [0.717, 1.165) is 18.1 Å². The molecule has 1 aromatic heterocycles. The summed E-state index contributed by atoms with van der Waals surface area (Å²) >= 11 is 0. The minimum atomic E-state index is 0.138. The summed E-state index contributed by atoms with van der Waals surface area (Å²) in [4.78, 5) is 9.11. The lowest BCUT2D eigenvalue weighted by Crippen LogP contribution is -2.38. The van der Waals surface area contributed by atoms with Gasteiger partial charge in [0.2, 0.25) is 11.6 Å². The normalized spacial score (nSPS) is 12.1. The molecule has 0 saturated heterocycles. The van der Waals surface area contributed by atoms with Gasteiger partial charge in [-0.1, -0.05) is 42.5 Å². The van der Waals surface area contributed by atoms with E-state index in [1.54, 1.807) is 20.4 Å². The highest BCUT2D eigenvalue weighted by Gasteiger charge is 2.13. The van der Waals surface area contributed by atoms with Crippen molar-refractivity contribution in [2.24, 2.45) is 4.99 Å². The van der Waals surface area contributed by atoms with Gasteiger partial charge in [0.15, 0.2) is 17.5 Å². The van der Waals surface area contributed by atoms with E-state index in [4.69, 9.17) is 19.2 Å². The van der Waals surface area contributed by atoms with Crippen molar-refractivity contribution < 1.29 is 14.2 Å². The summed E-state index contributed by atoms with van der Waals surface area (Å²) in [7, 11) is 3.18. The number of guanidine groups is 1. The van der Waals surface area contributed by atoms with E-state index in [2.05, 4.69) is 34.7 Å². The van der Waals surface area contributed by atoms with Crippen molar-refractivity contribution in [2.45, 2.75) is 26.4 Å². The molecule has 2 N–H and O–H groups in total. The smallest absolute Gasteiger partial charge is 0.219 e. The largest absolute Gasteiger partial charge is 0.493 e. The van der Waals surface area contributed by atoms with E-state index < -0.39 is 0 Å². The monoisotopic (exact) mass is 434 g/mol. The predicted octanol–water partition coefficient (Wildman–Crippen LogP) is 4.71. The van der Waals surface area contributed by atoms with Crippen molar-refractivity contribution in [1.29, 1.82) is 0 Å². The van der Waals surface area contributed by atoms with Crippen LogP contribution in [0.15, 0.2) is 71.9 Å². The number of ether oxygens (including phenoxy) is 3. The molecule has 0 aliphatic rings. The Hall–Kier alpha value is -3.74. The number of nitrogens with one attached hydrogen (secondary N) is 2. The zero-order chi connectivity index (χ0) is 22.8. The third kappa shape index (κ3) is 6.14. The molecule has 0 aliphatic carbocycles. The van der Waals surface area contributed by atoms with Crippen molar-refractivity contribution in [3.63, 3.8) is 0 Å². The summed E-state index contributed by atoms with van der Waals surface area (Å²) in [6, 6.07) is 19.6. The molecule has 7 nitrogen and oxygen atoms in total. The molecule has 0 fully saturated rings. The van der Waals surface area contributed by atoms with Crippen LogP contribution >= 0.6 is 0 Å². The zero-order valence-electron chi connectivity index (χ0n) is 19.0. The van der Waals surface area contributed by atoms with E-state index in [0.29, 0.717) is 29.7 Å². The Morgan fingerprint density at radius 3 is 2.28 bits per heavy atom. The first-order valence-electron chi connectivity index (χ1n) is 10.6. The van der Waals surface area contributed by atoms with Crippen molar-refractivity contribution in [3.05, 3.63) is 78.0 Å². The van der Waals surface area contributed by atoms with E-state index in [1.807, 2.05) is 55.5 Å². The third-order valence-corrected chi connectivity index (χ3v) is 4.80. The Morgan fingerprint density at radius 2 is 1.69 bits per heavy atom. The van der Waals surface area contributed by atoms with Crippen LogP contribution in [0.1, 0.15) is 31.0 Å². The number of hydrogen-bond donors (Lipinski definition) is 2. The first-order valence-corrected chi connectivity index (χ1v) is 10.6. The average molecular weight is 435 g/mol. The van der Waals surface area contributed by atoms with Crippen LogP contribution in [0.4, 0.5) is 0 Å². The van der Waals surface area contributed by atoms with E-state index >= 15 is 0 Å². The fourth-order valence-electron chi connectivity index (χ4n) is 3.11. The van der Waals surface area contributed by atoms with Gasteiger partial charge in [-0.15, -0.1) is 0 Å². The van der Waals surface area contributed by atoms with Crippen molar-refractivity contribution >= 4 is 5.96 Å². The van der Waals surface area contributed by atoms with Crippen LogP contribution in [0.25, 0.3) is 0 Å². The van der Waals surface area contributed by atoms with Gasteiger partial charge in [-0.3, -0.25) is 0 Å². The van der Waals surface area contributed by atoms with Crippen molar-refractivity contribution in [3.8, 4) is 23.1 Å². The molecule has 0 bridgehead atoms. The van der Waals surface area contributed by atoms with Gasteiger partial charge >= 0.3 is 0 Å². The fourth-order valence-corrected chi connectivity index (χ4v) is 3.11.